The molecule has 2 aromatic carbocycles. The number of benzene rings is 2. The Kier molecular flexibility index (Phi) is 4.06. The molecular weight excluding hydrogens is 324 g/mol. The number of nitro benzene ring substituents is 1. The molecule has 0 unspecified atom stereocenters. The summed E-state index contributed by atoms with van der Waals surface area (Å²) in [5.41, 5.74) is 1.54. The van der Waals surface area contributed by atoms with Crippen molar-refractivity contribution in [3.05, 3.63) is 79.7 Å². The van der Waals surface area contributed by atoms with E-state index in [4.69, 9.17) is 4.42 Å². The monoisotopic (exact) mass is 338 g/mol. The number of para-hydroxylation sites is 1. The van der Waals surface area contributed by atoms with Crippen LogP contribution in [0.1, 0.15) is 21.7 Å². The lowest BCUT2D eigenvalue weighted by molar-refractivity contribution is -0.384. The Hall–Kier alpha value is -3.48. The van der Waals surface area contributed by atoms with Gasteiger partial charge >= 0.3 is 0 Å². The van der Waals surface area contributed by atoms with E-state index in [0.717, 1.165) is 11.6 Å². The van der Waals surface area contributed by atoms with Crippen LogP contribution in [0, 0.1) is 24.0 Å². The van der Waals surface area contributed by atoms with E-state index in [1.807, 2.05) is 0 Å². The quantitative estimate of drug-likeness (QED) is 0.581. The number of nitro groups is 1. The van der Waals surface area contributed by atoms with Crippen molar-refractivity contribution in [1.29, 1.82) is 0 Å². The highest BCUT2D eigenvalue weighted by atomic mass is 16.6. The number of nitrogens with one attached hydrogen (secondary N) is 1. The van der Waals surface area contributed by atoms with Crippen LogP contribution in [0.5, 0.6) is 0 Å². The summed E-state index contributed by atoms with van der Waals surface area (Å²) in [4.78, 5) is 35.0. The minimum Gasteiger partial charge on any atom is -0.450 e. The van der Waals surface area contributed by atoms with Crippen LogP contribution in [0.25, 0.3) is 11.0 Å². The van der Waals surface area contributed by atoms with Gasteiger partial charge in [-0.25, -0.2) is 0 Å². The third-order valence-electron chi connectivity index (χ3n) is 3.86. The van der Waals surface area contributed by atoms with Gasteiger partial charge in [-0.2, -0.15) is 0 Å². The SMILES string of the molecule is Cc1ccc([N+](=O)[O-])cc1NC(=O)c1cc(=O)c2cccc(C)c2o1. The Bertz CT molecular complexity index is 1070. The molecule has 0 fully saturated rings. The van der Waals surface area contributed by atoms with Crippen LogP contribution in [0.3, 0.4) is 0 Å². The minimum atomic E-state index is -0.647. The Morgan fingerprint density at radius 2 is 1.88 bits per heavy atom. The molecule has 7 heteroatoms. The first-order valence-electron chi connectivity index (χ1n) is 7.46. The summed E-state index contributed by atoms with van der Waals surface area (Å²) in [6, 6.07) is 10.4. The Balaban J connectivity index is 2.01. The second kappa shape index (κ2) is 6.20. The molecule has 1 heterocycles. The second-order valence-electron chi connectivity index (χ2n) is 5.64. The van der Waals surface area contributed by atoms with Crippen molar-refractivity contribution >= 4 is 28.3 Å². The number of amides is 1. The van der Waals surface area contributed by atoms with Crippen LogP contribution in [-0.2, 0) is 0 Å². The van der Waals surface area contributed by atoms with Gasteiger partial charge in [0.25, 0.3) is 11.6 Å². The summed E-state index contributed by atoms with van der Waals surface area (Å²) >= 11 is 0. The van der Waals surface area contributed by atoms with Gasteiger partial charge in [-0.05, 0) is 31.0 Å². The molecule has 25 heavy (non-hydrogen) atoms. The van der Waals surface area contributed by atoms with Gasteiger partial charge < -0.3 is 9.73 Å². The van der Waals surface area contributed by atoms with Gasteiger partial charge in [-0.15, -0.1) is 0 Å². The fraction of sp³-hybridized carbons (Fsp3) is 0.111. The fourth-order valence-corrected chi connectivity index (χ4v) is 2.47. The summed E-state index contributed by atoms with van der Waals surface area (Å²) in [6.07, 6.45) is 0. The predicted molar refractivity (Wildman–Crippen MR) is 93.0 cm³/mol. The van der Waals surface area contributed by atoms with Gasteiger partial charge in [0, 0.05) is 18.2 Å². The average molecular weight is 338 g/mol. The van der Waals surface area contributed by atoms with E-state index < -0.39 is 10.8 Å². The fourth-order valence-electron chi connectivity index (χ4n) is 2.47. The molecule has 3 aromatic rings. The van der Waals surface area contributed by atoms with Crippen LogP contribution in [-0.4, -0.2) is 10.8 Å². The zero-order valence-electron chi connectivity index (χ0n) is 13.5. The van der Waals surface area contributed by atoms with E-state index >= 15 is 0 Å². The lowest BCUT2D eigenvalue weighted by atomic mass is 10.1. The van der Waals surface area contributed by atoms with E-state index in [2.05, 4.69) is 5.32 Å². The molecule has 1 amide bonds. The van der Waals surface area contributed by atoms with Crippen LogP contribution < -0.4 is 10.7 Å². The molecule has 7 nitrogen and oxygen atoms in total. The van der Waals surface area contributed by atoms with Gasteiger partial charge in [0.15, 0.2) is 11.2 Å². The molecule has 0 aliphatic heterocycles. The topological polar surface area (TPSA) is 102 Å². The number of carbonyl (C=O) groups is 1. The van der Waals surface area contributed by atoms with E-state index in [-0.39, 0.29) is 22.6 Å². The number of aryl methyl sites for hydroxylation is 2. The van der Waals surface area contributed by atoms with Crippen molar-refractivity contribution in [2.45, 2.75) is 13.8 Å². The summed E-state index contributed by atoms with van der Waals surface area (Å²) in [7, 11) is 0. The molecule has 1 N–H and O–H groups in total. The molecule has 1 aromatic heterocycles. The highest BCUT2D eigenvalue weighted by Gasteiger charge is 2.16. The molecule has 0 aliphatic carbocycles. The van der Waals surface area contributed by atoms with Gasteiger partial charge in [0.2, 0.25) is 0 Å². The van der Waals surface area contributed by atoms with Crippen LogP contribution in [0.15, 0.2) is 51.7 Å². The number of hydrogen-bond acceptors (Lipinski definition) is 5. The maximum absolute atomic E-state index is 12.4. The predicted octanol–water partition coefficient (Wildman–Crippen LogP) is 3.57. The van der Waals surface area contributed by atoms with E-state index in [1.165, 1.54) is 18.2 Å². The van der Waals surface area contributed by atoms with E-state index in [9.17, 15) is 19.7 Å². The number of carbonyl (C=O) groups excluding carboxylic acids is 1. The lowest BCUT2D eigenvalue weighted by Gasteiger charge is -2.08. The third kappa shape index (κ3) is 3.12. The van der Waals surface area contributed by atoms with Crippen molar-refractivity contribution in [1.82, 2.24) is 0 Å². The average Bonchev–Trinajstić information content (AvgIpc) is 2.57. The number of anilines is 1. The Morgan fingerprint density at radius 1 is 1.12 bits per heavy atom. The largest absolute Gasteiger partial charge is 0.450 e. The van der Waals surface area contributed by atoms with Crippen molar-refractivity contribution in [3.63, 3.8) is 0 Å². The van der Waals surface area contributed by atoms with Gasteiger partial charge in [-0.3, -0.25) is 19.7 Å². The van der Waals surface area contributed by atoms with Crippen LogP contribution in [0.2, 0.25) is 0 Å². The highest BCUT2D eigenvalue weighted by molar-refractivity contribution is 6.03. The van der Waals surface area contributed by atoms with Crippen LogP contribution in [0.4, 0.5) is 11.4 Å². The summed E-state index contributed by atoms with van der Waals surface area (Å²) in [5, 5.41) is 13.8. The van der Waals surface area contributed by atoms with Gasteiger partial charge in [-0.1, -0.05) is 18.2 Å². The van der Waals surface area contributed by atoms with E-state index in [0.29, 0.717) is 16.5 Å². The Labute approximate surface area is 142 Å². The minimum absolute atomic E-state index is 0.142. The maximum Gasteiger partial charge on any atom is 0.291 e. The van der Waals surface area contributed by atoms with Crippen LogP contribution >= 0.6 is 0 Å². The van der Waals surface area contributed by atoms with Gasteiger partial charge in [0.1, 0.15) is 5.58 Å². The highest BCUT2D eigenvalue weighted by Crippen LogP contribution is 2.23. The number of rotatable bonds is 3. The van der Waals surface area contributed by atoms with Crippen molar-refractivity contribution < 1.29 is 14.1 Å². The zero-order valence-corrected chi connectivity index (χ0v) is 13.5. The number of nitrogens with zero attached hydrogens (tertiary/aromatic N) is 1. The standard InChI is InChI=1S/C18H14N2O5/c1-10-6-7-12(20(23)24)8-14(10)19-18(22)16-9-15(21)13-5-3-4-11(2)17(13)25-16/h3-9H,1-2H3,(H,19,22). The Morgan fingerprint density at radius 3 is 2.60 bits per heavy atom. The molecule has 0 saturated heterocycles. The molecule has 0 atom stereocenters. The number of fused-ring (bicyclic) bond motifs is 1. The molecule has 0 bridgehead atoms. The molecule has 126 valence electrons. The second-order valence-corrected chi connectivity index (χ2v) is 5.64. The first kappa shape index (κ1) is 16.4. The summed E-state index contributed by atoms with van der Waals surface area (Å²) < 4.78 is 5.58. The van der Waals surface area contributed by atoms with Crippen molar-refractivity contribution in [2.24, 2.45) is 0 Å². The van der Waals surface area contributed by atoms with Gasteiger partial charge in [0.05, 0.1) is 16.0 Å². The molecular formula is C18H14N2O5. The normalized spacial score (nSPS) is 10.6. The molecule has 0 aliphatic rings. The van der Waals surface area contributed by atoms with Crippen molar-refractivity contribution in [2.75, 3.05) is 5.32 Å². The van der Waals surface area contributed by atoms with E-state index in [1.54, 1.807) is 32.0 Å². The summed E-state index contributed by atoms with van der Waals surface area (Å²) in [5.74, 6) is -0.802. The lowest BCUT2D eigenvalue weighted by Crippen LogP contribution is -2.16. The maximum atomic E-state index is 12.4. The number of non-ortho nitro benzene ring substituents is 1. The molecule has 3 rings (SSSR count). The zero-order chi connectivity index (χ0) is 18.1. The smallest absolute Gasteiger partial charge is 0.291 e. The molecule has 0 radical (unpaired) electrons. The number of hydrogen-bond donors (Lipinski definition) is 1. The first-order chi connectivity index (χ1) is 11.9. The van der Waals surface area contributed by atoms with Crippen molar-refractivity contribution in [3.8, 4) is 0 Å². The third-order valence-corrected chi connectivity index (χ3v) is 3.86. The first-order valence-corrected chi connectivity index (χ1v) is 7.46. The molecule has 0 saturated carbocycles. The molecule has 0 spiro atoms. The summed E-state index contributed by atoms with van der Waals surface area (Å²) in [6.45, 7) is 3.48.